The Bertz CT molecular complexity index is 1140. The van der Waals surface area contributed by atoms with Crippen molar-refractivity contribution < 1.29 is 14.6 Å². The van der Waals surface area contributed by atoms with Crippen molar-refractivity contribution >= 4 is 39.9 Å². The molecule has 2 aromatic carbocycles. The number of pyridine rings is 1. The Hall–Kier alpha value is -3.51. The monoisotopic (exact) mass is 388 g/mol. The van der Waals surface area contributed by atoms with Crippen molar-refractivity contribution in [3.63, 3.8) is 0 Å². The minimum atomic E-state index is -0.984. The van der Waals surface area contributed by atoms with E-state index in [9.17, 15) is 9.90 Å². The number of para-hydroxylation sites is 1. The molecule has 1 N–H and O–H groups in total. The standard InChI is InChI=1S/C22H16N2O3S/c25-22(26)20(11-19-12-23-14-28-19)15-6-9-18(10-7-15)27-13-17-8-5-16-3-1-2-4-21(16)24-17/h1-12,14H,13H2,(H,25,26)/b20-11+. The molecule has 0 radical (unpaired) electrons. The molecule has 0 aliphatic heterocycles. The average Bonchev–Trinajstić information content (AvgIpc) is 3.24. The minimum Gasteiger partial charge on any atom is -0.487 e. The summed E-state index contributed by atoms with van der Waals surface area (Å²) in [6.07, 6.45) is 3.26. The first kappa shape index (κ1) is 17.9. The molecule has 0 saturated heterocycles. The molecule has 0 saturated carbocycles. The van der Waals surface area contributed by atoms with Crippen molar-refractivity contribution in [3.8, 4) is 5.75 Å². The van der Waals surface area contributed by atoms with Crippen LogP contribution < -0.4 is 4.74 Å². The lowest BCUT2D eigenvalue weighted by molar-refractivity contribution is -0.130. The Kier molecular flexibility index (Phi) is 5.12. The molecule has 0 unspecified atom stereocenters. The lowest BCUT2D eigenvalue weighted by Gasteiger charge is -2.08. The number of carboxylic acid groups (broad SMARTS) is 1. The van der Waals surface area contributed by atoms with Crippen LogP contribution in [0.5, 0.6) is 5.75 Å². The molecule has 0 spiro atoms. The normalized spacial score (nSPS) is 11.5. The zero-order valence-electron chi connectivity index (χ0n) is 14.8. The van der Waals surface area contributed by atoms with Gasteiger partial charge >= 0.3 is 5.97 Å². The molecule has 0 amide bonds. The number of nitrogens with zero attached hydrogens (tertiary/aromatic N) is 2. The third kappa shape index (κ3) is 4.07. The Morgan fingerprint density at radius 1 is 1.07 bits per heavy atom. The predicted octanol–water partition coefficient (Wildman–Crippen LogP) is 4.90. The van der Waals surface area contributed by atoms with Gasteiger partial charge in [0.2, 0.25) is 0 Å². The van der Waals surface area contributed by atoms with E-state index in [-0.39, 0.29) is 5.57 Å². The van der Waals surface area contributed by atoms with Crippen LogP contribution >= 0.6 is 11.3 Å². The first-order valence-corrected chi connectivity index (χ1v) is 9.48. The van der Waals surface area contributed by atoms with Gasteiger partial charge in [-0.1, -0.05) is 36.4 Å². The van der Waals surface area contributed by atoms with E-state index in [1.165, 1.54) is 11.3 Å². The quantitative estimate of drug-likeness (QED) is 0.476. The van der Waals surface area contributed by atoms with E-state index in [1.807, 2.05) is 36.4 Å². The topological polar surface area (TPSA) is 72.3 Å². The number of thiazole rings is 1. The van der Waals surface area contributed by atoms with Crippen LogP contribution in [0.2, 0.25) is 0 Å². The molecule has 6 heteroatoms. The largest absolute Gasteiger partial charge is 0.487 e. The molecule has 0 fully saturated rings. The van der Waals surface area contributed by atoms with Gasteiger partial charge in [0, 0.05) is 16.5 Å². The summed E-state index contributed by atoms with van der Waals surface area (Å²) < 4.78 is 5.80. The van der Waals surface area contributed by atoms with Crippen molar-refractivity contribution in [3.05, 3.63) is 88.5 Å². The summed E-state index contributed by atoms with van der Waals surface area (Å²) in [5, 5.41) is 10.6. The Morgan fingerprint density at radius 3 is 2.64 bits per heavy atom. The number of ether oxygens (including phenoxy) is 1. The molecule has 0 atom stereocenters. The van der Waals surface area contributed by atoms with Crippen molar-refractivity contribution in [1.29, 1.82) is 0 Å². The molecule has 2 heterocycles. The molecule has 28 heavy (non-hydrogen) atoms. The number of aromatic nitrogens is 2. The fraction of sp³-hybridized carbons (Fsp3) is 0.0455. The fourth-order valence-corrected chi connectivity index (χ4v) is 3.34. The maximum absolute atomic E-state index is 11.6. The third-order valence-electron chi connectivity index (χ3n) is 4.18. The van der Waals surface area contributed by atoms with Gasteiger partial charge in [-0.25, -0.2) is 9.78 Å². The van der Waals surface area contributed by atoms with Crippen LogP contribution in [0, 0.1) is 0 Å². The van der Waals surface area contributed by atoms with Gasteiger partial charge in [-0.3, -0.25) is 4.98 Å². The Labute approximate surface area is 165 Å². The van der Waals surface area contributed by atoms with Crippen LogP contribution in [0.1, 0.15) is 16.1 Å². The van der Waals surface area contributed by atoms with E-state index in [0.717, 1.165) is 21.5 Å². The fourth-order valence-electron chi connectivity index (χ4n) is 2.78. The highest BCUT2D eigenvalue weighted by atomic mass is 32.1. The molecule has 0 aliphatic carbocycles. The second kappa shape index (κ2) is 8.02. The molecule has 5 nitrogen and oxygen atoms in total. The second-order valence-corrected chi connectivity index (χ2v) is 6.99. The van der Waals surface area contributed by atoms with Gasteiger partial charge in [0.1, 0.15) is 12.4 Å². The summed E-state index contributed by atoms with van der Waals surface area (Å²) in [6, 6.07) is 18.9. The van der Waals surface area contributed by atoms with Crippen LogP contribution in [0.3, 0.4) is 0 Å². The number of carboxylic acids is 1. The van der Waals surface area contributed by atoms with Gasteiger partial charge in [0.05, 0.1) is 22.3 Å². The average molecular weight is 388 g/mol. The molecule has 4 aromatic rings. The van der Waals surface area contributed by atoms with E-state index >= 15 is 0 Å². The number of rotatable bonds is 6. The summed E-state index contributed by atoms with van der Waals surface area (Å²) >= 11 is 1.39. The Balaban J connectivity index is 1.48. The minimum absolute atomic E-state index is 0.215. The van der Waals surface area contributed by atoms with Gasteiger partial charge in [0.25, 0.3) is 0 Å². The van der Waals surface area contributed by atoms with Crippen molar-refractivity contribution in [1.82, 2.24) is 9.97 Å². The number of hydrogen-bond donors (Lipinski definition) is 1. The van der Waals surface area contributed by atoms with Crippen LogP contribution in [-0.2, 0) is 11.4 Å². The lowest BCUT2D eigenvalue weighted by atomic mass is 10.1. The van der Waals surface area contributed by atoms with E-state index < -0.39 is 5.97 Å². The highest BCUT2D eigenvalue weighted by molar-refractivity contribution is 7.10. The van der Waals surface area contributed by atoms with Crippen LogP contribution in [0.4, 0.5) is 0 Å². The van der Waals surface area contributed by atoms with Crippen LogP contribution in [-0.4, -0.2) is 21.0 Å². The van der Waals surface area contributed by atoms with Gasteiger partial charge in [0.15, 0.2) is 0 Å². The van der Waals surface area contributed by atoms with Gasteiger partial charge in [-0.2, -0.15) is 0 Å². The zero-order valence-corrected chi connectivity index (χ0v) is 15.6. The van der Waals surface area contributed by atoms with Crippen molar-refractivity contribution in [2.45, 2.75) is 6.61 Å². The number of hydrogen-bond acceptors (Lipinski definition) is 5. The number of fused-ring (bicyclic) bond motifs is 1. The molecule has 0 bridgehead atoms. The summed E-state index contributed by atoms with van der Waals surface area (Å²) in [5.41, 5.74) is 4.25. The first-order chi connectivity index (χ1) is 13.7. The second-order valence-electron chi connectivity index (χ2n) is 6.08. The van der Waals surface area contributed by atoms with E-state index in [4.69, 9.17) is 4.74 Å². The molecule has 4 rings (SSSR count). The predicted molar refractivity (Wildman–Crippen MR) is 110 cm³/mol. The van der Waals surface area contributed by atoms with E-state index in [1.54, 1.807) is 42.0 Å². The maximum Gasteiger partial charge on any atom is 0.336 e. The van der Waals surface area contributed by atoms with Crippen LogP contribution in [0.25, 0.3) is 22.6 Å². The lowest BCUT2D eigenvalue weighted by Crippen LogP contribution is -2.01. The molecule has 2 aromatic heterocycles. The number of carbonyl (C=O) groups is 1. The summed E-state index contributed by atoms with van der Waals surface area (Å²) in [5.74, 6) is -0.330. The zero-order chi connectivity index (χ0) is 19.3. The molecular weight excluding hydrogens is 372 g/mol. The number of benzene rings is 2. The Morgan fingerprint density at radius 2 is 1.89 bits per heavy atom. The number of aliphatic carboxylic acids is 1. The van der Waals surface area contributed by atoms with Gasteiger partial charge in [-0.05, 0) is 35.9 Å². The van der Waals surface area contributed by atoms with Gasteiger partial charge in [-0.15, -0.1) is 11.3 Å². The van der Waals surface area contributed by atoms with Gasteiger partial charge < -0.3 is 9.84 Å². The highest BCUT2D eigenvalue weighted by Crippen LogP contribution is 2.23. The summed E-state index contributed by atoms with van der Waals surface area (Å²) in [4.78, 5) is 21.0. The molecule has 0 aliphatic rings. The third-order valence-corrected chi connectivity index (χ3v) is 4.90. The van der Waals surface area contributed by atoms with Crippen LogP contribution in [0.15, 0.2) is 72.4 Å². The van der Waals surface area contributed by atoms with Crippen molar-refractivity contribution in [2.24, 2.45) is 0 Å². The summed E-state index contributed by atoms with van der Waals surface area (Å²) in [6.45, 7) is 0.340. The summed E-state index contributed by atoms with van der Waals surface area (Å²) in [7, 11) is 0. The SMILES string of the molecule is O=C(O)/C(=C/c1cncs1)c1ccc(OCc2ccc3ccccc3n2)cc1. The van der Waals surface area contributed by atoms with E-state index in [2.05, 4.69) is 9.97 Å². The smallest absolute Gasteiger partial charge is 0.336 e. The first-order valence-electron chi connectivity index (χ1n) is 8.60. The van der Waals surface area contributed by atoms with E-state index in [0.29, 0.717) is 17.9 Å². The maximum atomic E-state index is 11.6. The molecule has 138 valence electrons. The molecular formula is C22H16N2O3S. The highest BCUT2D eigenvalue weighted by Gasteiger charge is 2.11. The van der Waals surface area contributed by atoms with Crippen molar-refractivity contribution in [2.75, 3.05) is 0 Å².